The van der Waals surface area contributed by atoms with Crippen molar-refractivity contribution < 1.29 is 9.53 Å². The van der Waals surface area contributed by atoms with Crippen LogP contribution in [0.3, 0.4) is 0 Å². The molecule has 0 heterocycles. The van der Waals surface area contributed by atoms with E-state index in [-0.39, 0.29) is 12.0 Å². The highest BCUT2D eigenvalue weighted by Crippen LogP contribution is 2.28. The Kier molecular flexibility index (Phi) is 5.96. The molecule has 0 aromatic rings. The van der Waals surface area contributed by atoms with Gasteiger partial charge in [0.25, 0.3) is 0 Å². The Morgan fingerprint density at radius 2 is 1.88 bits per heavy atom. The molecule has 1 N–H and O–H groups in total. The highest BCUT2D eigenvalue weighted by molar-refractivity contribution is 5.75. The first kappa shape index (κ1) is 14.5. The second-order valence-corrected chi connectivity index (χ2v) is 5.71. The minimum Gasteiger partial charge on any atom is -0.468 e. The van der Waals surface area contributed by atoms with Gasteiger partial charge in [0, 0.05) is 6.04 Å². The number of rotatable bonds is 6. The van der Waals surface area contributed by atoms with Crippen LogP contribution in [0.4, 0.5) is 0 Å². The minimum absolute atomic E-state index is 0.122. The van der Waals surface area contributed by atoms with Crippen LogP contribution in [0.2, 0.25) is 0 Å². The van der Waals surface area contributed by atoms with Crippen LogP contribution < -0.4 is 5.32 Å². The Balaban J connectivity index is 2.48. The highest BCUT2D eigenvalue weighted by atomic mass is 16.5. The van der Waals surface area contributed by atoms with Gasteiger partial charge in [0.05, 0.1) is 7.11 Å². The van der Waals surface area contributed by atoms with Crippen molar-refractivity contribution in [2.24, 2.45) is 11.8 Å². The highest BCUT2D eigenvalue weighted by Gasteiger charge is 2.27. The first-order valence-corrected chi connectivity index (χ1v) is 6.88. The molecule has 1 aliphatic carbocycles. The maximum absolute atomic E-state index is 11.7. The van der Waals surface area contributed by atoms with Gasteiger partial charge in [-0.05, 0) is 38.0 Å². The fraction of sp³-hybridized carbons (Fsp3) is 0.929. The lowest BCUT2D eigenvalue weighted by atomic mass is 9.97. The normalized spacial score (nSPS) is 20.5. The second-order valence-electron chi connectivity index (χ2n) is 5.71. The van der Waals surface area contributed by atoms with E-state index in [4.69, 9.17) is 4.74 Å². The summed E-state index contributed by atoms with van der Waals surface area (Å²) in [4.78, 5) is 11.7. The summed E-state index contributed by atoms with van der Waals surface area (Å²) in [6.07, 6.45) is 6.12. The summed E-state index contributed by atoms with van der Waals surface area (Å²) in [5.41, 5.74) is 0. The number of methoxy groups -OCH3 is 1. The van der Waals surface area contributed by atoms with Crippen LogP contribution in [0.15, 0.2) is 0 Å². The largest absolute Gasteiger partial charge is 0.468 e. The summed E-state index contributed by atoms with van der Waals surface area (Å²) in [6, 6.07) is 0.274. The molecule has 1 aliphatic rings. The predicted molar refractivity (Wildman–Crippen MR) is 69.8 cm³/mol. The van der Waals surface area contributed by atoms with E-state index in [0.29, 0.717) is 12.0 Å². The van der Waals surface area contributed by atoms with Crippen molar-refractivity contribution in [2.75, 3.05) is 7.11 Å². The van der Waals surface area contributed by atoms with Crippen LogP contribution >= 0.6 is 0 Å². The average Bonchev–Trinajstić information content (AvgIpc) is 2.79. The third kappa shape index (κ3) is 4.66. The van der Waals surface area contributed by atoms with Crippen LogP contribution in [-0.2, 0) is 9.53 Å². The second kappa shape index (κ2) is 7.00. The summed E-state index contributed by atoms with van der Waals surface area (Å²) in [5.74, 6) is 1.11. The molecule has 2 atom stereocenters. The molecule has 0 bridgehead atoms. The van der Waals surface area contributed by atoms with Gasteiger partial charge in [-0.3, -0.25) is 4.79 Å². The van der Waals surface area contributed by atoms with E-state index in [1.165, 1.54) is 32.8 Å². The SMILES string of the molecule is COC(=O)C(CC(C)C)NC(C)C1CCCC1. The zero-order valence-corrected chi connectivity index (χ0v) is 11.7. The van der Waals surface area contributed by atoms with Crippen LogP contribution in [0.1, 0.15) is 52.9 Å². The molecule has 1 saturated carbocycles. The van der Waals surface area contributed by atoms with Gasteiger partial charge in [0.15, 0.2) is 0 Å². The summed E-state index contributed by atoms with van der Waals surface area (Å²) in [7, 11) is 1.47. The van der Waals surface area contributed by atoms with Gasteiger partial charge in [0.2, 0.25) is 0 Å². The van der Waals surface area contributed by atoms with Gasteiger partial charge in [-0.1, -0.05) is 26.7 Å². The molecule has 2 unspecified atom stereocenters. The Morgan fingerprint density at radius 1 is 1.29 bits per heavy atom. The average molecular weight is 241 g/mol. The summed E-state index contributed by atoms with van der Waals surface area (Å²) >= 11 is 0. The van der Waals surface area contributed by atoms with E-state index < -0.39 is 0 Å². The molecule has 3 heteroatoms. The molecule has 100 valence electrons. The van der Waals surface area contributed by atoms with Crippen molar-refractivity contribution in [2.45, 2.75) is 65.0 Å². The molecule has 0 aromatic heterocycles. The van der Waals surface area contributed by atoms with Gasteiger partial charge >= 0.3 is 5.97 Å². The van der Waals surface area contributed by atoms with E-state index in [2.05, 4.69) is 26.1 Å². The van der Waals surface area contributed by atoms with E-state index in [9.17, 15) is 4.79 Å². The number of ether oxygens (including phenoxy) is 1. The molecule has 3 nitrogen and oxygen atoms in total. The molecule has 0 saturated heterocycles. The maximum Gasteiger partial charge on any atom is 0.322 e. The van der Waals surface area contributed by atoms with Crippen LogP contribution in [-0.4, -0.2) is 25.2 Å². The van der Waals surface area contributed by atoms with Crippen molar-refractivity contribution in [3.63, 3.8) is 0 Å². The summed E-state index contributed by atoms with van der Waals surface area (Å²) in [5, 5.41) is 3.47. The first-order chi connectivity index (χ1) is 8.04. The monoisotopic (exact) mass is 241 g/mol. The zero-order valence-electron chi connectivity index (χ0n) is 11.7. The molecule has 0 amide bonds. The van der Waals surface area contributed by atoms with E-state index in [0.717, 1.165) is 12.3 Å². The number of esters is 1. The van der Waals surface area contributed by atoms with Crippen molar-refractivity contribution >= 4 is 5.97 Å². The number of hydrogen-bond acceptors (Lipinski definition) is 3. The van der Waals surface area contributed by atoms with Crippen LogP contribution in [0, 0.1) is 11.8 Å². The lowest BCUT2D eigenvalue weighted by molar-refractivity contribution is -0.143. The Morgan fingerprint density at radius 3 is 2.35 bits per heavy atom. The molecule has 1 rings (SSSR count). The van der Waals surface area contributed by atoms with Gasteiger partial charge in [-0.2, -0.15) is 0 Å². The molecule has 17 heavy (non-hydrogen) atoms. The fourth-order valence-corrected chi connectivity index (χ4v) is 2.76. The molecule has 0 aromatic carbocycles. The molecule has 0 aliphatic heterocycles. The maximum atomic E-state index is 11.7. The van der Waals surface area contributed by atoms with E-state index >= 15 is 0 Å². The van der Waals surface area contributed by atoms with E-state index in [1.54, 1.807) is 0 Å². The molecule has 0 radical (unpaired) electrons. The third-order valence-electron chi connectivity index (χ3n) is 3.76. The lowest BCUT2D eigenvalue weighted by Gasteiger charge is -2.26. The quantitative estimate of drug-likeness (QED) is 0.727. The van der Waals surface area contributed by atoms with Crippen molar-refractivity contribution in [3.8, 4) is 0 Å². The van der Waals surface area contributed by atoms with Gasteiger partial charge in [-0.15, -0.1) is 0 Å². The molecule has 1 fully saturated rings. The number of carbonyl (C=O) groups excluding carboxylic acids is 1. The van der Waals surface area contributed by atoms with Crippen LogP contribution in [0.5, 0.6) is 0 Å². The number of hydrogen-bond donors (Lipinski definition) is 1. The standard InChI is InChI=1S/C14H27NO2/c1-10(2)9-13(14(16)17-4)15-11(3)12-7-5-6-8-12/h10-13,15H,5-9H2,1-4H3. The fourth-order valence-electron chi connectivity index (χ4n) is 2.76. The zero-order chi connectivity index (χ0) is 12.8. The minimum atomic E-state index is -0.143. The Labute approximate surface area is 105 Å². The predicted octanol–water partition coefficient (Wildman–Crippen LogP) is 2.74. The van der Waals surface area contributed by atoms with Crippen molar-refractivity contribution in [3.05, 3.63) is 0 Å². The van der Waals surface area contributed by atoms with Crippen molar-refractivity contribution in [1.29, 1.82) is 0 Å². The third-order valence-corrected chi connectivity index (χ3v) is 3.76. The van der Waals surface area contributed by atoms with E-state index in [1.807, 2.05) is 0 Å². The van der Waals surface area contributed by atoms with Crippen molar-refractivity contribution in [1.82, 2.24) is 5.32 Å². The molecule has 0 spiro atoms. The summed E-state index contributed by atoms with van der Waals surface area (Å²) in [6.45, 7) is 6.47. The lowest BCUT2D eigenvalue weighted by Crippen LogP contribution is -2.46. The van der Waals surface area contributed by atoms with Crippen LogP contribution in [0.25, 0.3) is 0 Å². The summed E-state index contributed by atoms with van der Waals surface area (Å²) < 4.78 is 4.88. The molecular weight excluding hydrogens is 214 g/mol. The first-order valence-electron chi connectivity index (χ1n) is 6.88. The topological polar surface area (TPSA) is 38.3 Å². The van der Waals surface area contributed by atoms with Gasteiger partial charge < -0.3 is 10.1 Å². The van der Waals surface area contributed by atoms with Gasteiger partial charge in [-0.25, -0.2) is 0 Å². The smallest absolute Gasteiger partial charge is 0.322 e. The number of carbonyl (C=O) groups is 1. The Hall–Kier alpha value is -0.570. The molecular formula is C14H27NO2. The number of nitrogens with one attached hydrogen (secondary N) is 1. The Bertz CT molecular complexity index is 234. The van der Waals surface area contributed by atoms with Gasteiger partial charge in [0.1, 0.15) is 6.04 Å².